The summed E-state index contributed by atoms with van der Waals surface area (Å²) in [5.74, 6) is -0.153. The number of nitrogens with zero attached hydrogens (tertiary/aromatic N) is 4. The van der Waals surface area contributed by atoms with Crippen LogP contribution in [-0.2, 0) is 9.47 Å². The summed E-state index contributed by atoms with van der Waals surface area (Å²) in [5, 5.41) is 8.26. The van der Waals surface area contributed by atoms with Crippen molar-refractivity contribution in [1.29, 1.82) is 5.41 Å². The standard InChI is InChI=1S/C23H27ClN6O4S/c1-13-6-16(17-7-20(24)28-9-19(17)32-2)18(8-27-13)21(31)29-22(25)35-23(26)34-15-4-3-5-30(10-15)14-11-33-12-14/h6-9,14-15,26H,3-5,10-12H2,1-2H3,(H2,25,29,31). The third-order valence-electron chi connectivity index (χ3n) is 5.84. The van der Waals surface area contributed by atoms with Crippen molar-refractivity contribution in [2.45, 2.75) is 31.9 Å². The van der Waals surface area contributed by atoms with Gasteiger partial charge in [0.05, 0.1) is 38.1 Å². The molecule has 2 aromatic rings. The average molecular weight is 519 g/mol. The van der Waals surface area contributed by atoms with Crippen LogP contribution in [-0.4, -0.2) is 76.7 Å². The van der Waals surface area contributed by atoms with Gasteiger partial charge in [0.2, 0.25) is 0 Å². The smallest absolute Gasteiger partial charge is 0.281 e. The summed E-state index contributed by atoms with van der Waals surface area (Å²) in [4.78, 5) is 27.6. The van der Waals surface area contributed by atoms with E-state index in [4.69, 9.17) is 37.0 Å². The van der Waals surface area contributed by atoms with E-state index in [0.29, 0.717) is 28.6 Å². The number of nitrogens with one attached hydrogen (secondary N) is 1. The lowest BCUT2D eigenvalue weighted by molar-refractivity contribution is -0.0833. The molecule has 4 rings (SSSR count). The number of halogens is 1. The zero-order valence-corrected chi connectivity index (χ0v) is 21.1. The summed E-state index contributed by atoms with van der Waals surface area (Å²) in [6.07, 6.45) is 4.66. The lowest BCUT2D eigenvalue weighted by Crippen LogP contribution is -2.54. The number of aryl methyl sites for hydroxylation is 1. The SMILES string of the molecule is COc1cnc(Cl)cc1-c1cc(C)ncc1C(=O)N=C(N)SC(=N)OC1CCCN(C2COC2)C1. The van der Waals surface area contributed by atoms with Crippen molar-refractivity contribution in [1.82, 2.24) is 14.9 Å². The van der Waals surface area contributed by atoms with Gasteiger partial charge in [0, 0.05) is 41.3 Å². The molecule has 1 amide bonds. The molecule has 10 nitrogen and oxygen atoms in total. The van der Waals surface area contributed by atoms with E-state index in [1.165, 1.54) is 19.5 Å². The molecule has 2 fully saturated rings. The van der Waals surface area contributed by atoms with Gasteiger partial charge in [-0.3, -0.25) is 20.1 Å². The molecule has 2 saturated heterocycles. The molecule has 186 valence electrons. The lowest BCUT2D eigenvalue weighted by Gasteiger charge is -2.41. The quantitative estimate of drug-likeness (QED) is 0.347. The summed E-state index contributed by atoms with van der Waals surface area (Å²) in [6, 6.07) is 3.78. The van der Waals surface area contributed by atoms with Crippen LogP contribution in [0.4, 0.5) is 0 Å². The van der Waals surface area contributed by atoms with Crippen LogP contribution >= 0.6 is 23.4 Å². The van der Waals surface area contributed by atoms with Crippen molar-refractivity contribution >= 4 is 39.7 Å². The van der Waals surface area contributed by atoms with Crippen LogP contribution in [0.3, 0.4) is 0 Å². The predicted molar refractivity (Wildman–Crippen MR) is 135 cm³/mol. The molecular formula is C23H27ClN6O4S. The number of aromatic nitrogens is 2. The van der Waals surface area contributed by atoms with Crippen molar-refractivity contribution in [3.05, 3.63) is 40.9 Å². The molecule has 2 aromatic heterocycles. The van der Waals surface area contributed by atoms with Gasteiger partial charge in [-0.05, 0) is 38.4 Å². The Labute approximate surface area is 212 Å². The number of ether oxygens (including phenoxy) is 3. The van der Waals surface area contributed by atoms with Crippen molar-refractivity contribution in [2.24, 2.45) is 10.7 Å². The second kappa shape index (κ2) is 11.3. The maximum absolute atomic E-state index is 13.0. The number of carbonyl (C=O) groups is 1. The van der Waals surface area contributed by atoms with Crippen molar-refractivity contribution in [3.8, 4) is 16.9 Å². The number of pyridine rings is 2. The molecule has 0 spiro atoms. The number of amidine groups is 1. The second-order valence-corrected chi connectivity index (χ2v) is 9.67. The number of likely N-dealkylation sites (tertiary alicyclic amines) is 1. The van der Waals surface area contributed by atoms with Crippen LogP contribution < -0.4 is 10.5 Å². The van der Waals surface area contributed by atoms with E-state index < -0.39 is 5.91 Å². The molecule has 35 heavy (non-hydrogen) atoms. The number of methoxy groups -OCH3 is 1. The summed E-state index contributed by atoms with van der Waals surface area (Å²) in [6.45, 7) is 5.04. The minimum Gasteiger partial charge on any atom is -0.494 e. The van der Waals surface area contributed by atoms with Crippen LogP contribution in [0, 0.1) is 12.3 Å². The van der Waals surface area contributed by atoms with Gasteiger partial charge in [-0.25, -0.2) is 4.98 Å². The Bertz CT molecular complexity index is 1140. The molecule has 12 heteroatoms. The lowest BCUT2D eigenvalue weighted by atomic mass is 10.0. The molecule has 0 bridgehead atoms. The topological polar surface area (TPSA) is 136 Å². The summed E-state index contributed by atoms with van der Waals surface area (Å²) < 4.78 is 16.5. The van der Waals surface area contributed by atoms with Crippen molar-refractivity contribution in [3.63, 3.8) is 0 Å². The fourth-order valence-corrected chi connectivity index (χ4v) is 4.69. The molecule has 2 aliphatic rings. The highest BCUT2D eigenvalue weighted by molar-refractivity contribution is 8.26. The van der Waals surface area contributed by atoms with Crippen LogP contribution in [0.5, 0.6) is 5.75 Å². The molecule has 0 radical (unpaired) electrons. The molecule has 0 saturated carbocycles. The third kappa shape index (κ3) is 6.29. The number of hydrogen-bond donors (Lipinski definition) is 2. The average Bonchev–Trinajstić information content (AvgIpc) is 2.77. The van der Waals surface area contributed by atoms with E-state index in [-0.39, 0.29) is 27.2 Å². The fourth-order valence-electron chi connectivity index (χ4n) is 4.03. The first-order valence-corrected chi connectivity index (χ1v) is 12.3. The Morgan fingerprint density at radius 1 is 1.31 bits per heavy atom. The monoisotopic (exact) mass is 518 g/mol. The highest BCUT2D eigenvalue weighted by Crippen LogP contribution is 2.34. The van der Waals surface area contributed by atoms with Crippen LogP contribution in [0.15, 0.2) is 29.5 Å². The fraction of sp³-hybridized carbons (Fsp3) is 0.435. The van der Waals surface area contributed by atoms with Crippen LogP contribution in [0.1, 0.15) is 28.9 Å². The van der Waals surface area contributed by atoms with E-state index in [1.54, 1.807) is 12.1 Å². The molecule has 4 heterocycles. The van der Waals surface area contributed by atoms with Crippen molar-refractivity contribution < 1.29 is 19.0 Å². The number of rotatable bonds is 5. The van der Waals surface area contributed by atoms with Gasteiger partial charge in [-0.1, -0.05) is 11.6 Å². The Hall–Kier alpha value is -2.73. The Kier molecular flexibility index (Phi) is 8.22. The number of amides is 1. The van der Waals surface area contributed by atoms with E-state index in [1.807, 2.05) is 6.92 Å². The number of nitrogens with two attached hydrogens (primary N) is 1. The summed E-state index contributed by atoms with van der Waals surface area (Å²) >= 11 is 6.90. The zero-order chi connectivity index (χ0) is 24.9. The number of piperidine rings is 1. The third-order valence-corrected chi connectivity index (χ3v) is 6.63. The number of hydrogen-bond acceptors (Lipinski definition) is 9. The van der Waals surface area contributed by atoms with Gasteiger partial charge < -0.3 is 19.9 Å². The minimum absolute atomic E-state index is 0.0914. The maximum Gasteiger partial charge on any atom is 0.281 e. The highest BCUT2D eigenvalue weighted by atomic mass is 35.5. The van der Waals surface area contributed by atoms with E-state index in [0.717, 1.165) is 50.9 Å². The van der Waals surface area contributed by atoms with Gasteiger partial charge in [-0.2, -0.15) is 4.99 Å². The van der Waals surface area contributed by atoms with Gasteiger partial charge in [-0.15, -0.1) is 0 Å². The van der Waals surface area contributed by atoms with Crippen LogP contribution in [0.25, 0.3) is 11.1 Å². The van der Waals surface area contributed by atoms with Crippen LogP contribution in [0.2, 0.25) is 5.15 Å². The molecule has 0 aromatic carbocycles. The van der Waals surface area contributed by atoms with Crippen molar-refractivity contribution in [2.75, 3.05) is 33.4 Å². The first-order chi connectivity index (χ1) is 16.8. The molecule has 2 aliphatic heterocycles. The summed E-state index contributed by atoms with van der Waals surface area (Å²) in [5.41, 5.74) is 8.03. The summed E-state index contributed by atoms with van der Waals surface area (Å²) in [7, 11) is 1.51. The molecule has 1 unspecified atom stereocenters. The van der Waals surface area contributed by atoms with Gasteiger partial charge in [0.15, 0.2) is 5.17 Å². The first kappa shape index (κ1) is 25.4. The molecular weight excluding hydrogens is 492 g/mol. The Balaban J connectivity index is 1.45. The Morgan fingerprint density at radius 2 is 2.11 bits per heavy atom. The molecule has 1 atom stereocenters. The Morgan fingerprint density at radius 3 is 2.83 bits per heavy atom. The molecule has 0 aliphatic carbocycles. The van der Waals surface area contributed by atoms with E-state index in [9.17, 15) is 4.79 Å². The number of thioether (sulfide) groups is 1. The van der Waals surface area contributed by atoms with E-state index in [2.05, 4.69) is 19.9 Å². The second-order valence-electron chi connectivity index (χ2n) is 8.29. The molecule has 3 N–H and O–H groups in total. The first-order valence-electron chi connectivity index (χ1n) is 11.1. The van der Waals surface area contributed by atoms with Gasteiger partial charge in [0.25, 0.3) is 11.1 Å². The largest absolute Gasteiger partial charge is 0.494 e. The minimum atomic E-state index is -0.603. The van der Waals surface area contributed by atoms with E-state index >= 15 is 0 Å². The number of aliphatic imine (C=N–C) groups is 1. The number of carbonyl (C=O) groups excluding carboxylic acids is 1. The van der Waals surface area contributed by atoms with Gasteiger partial charge >= 0.3 is 0 Å². The highest BCUT2D eigenvalue weighted by Gasteiger charge is 2.31. The normalized spacial score (nSPS) is 19.2. The van der Waals surface area contributed by atoms with Gasteiger partial charge in [0.1, 0.15) is 17.0 Å². The zero-order valence-electron chi connectivity index (χ0n) is 19.5. The maximum atomic E-state index is 13.0. The predicted octanol–water partition coefficient (Wildman–Crippen LogP) is 3.12.